The fourth-order valence-corrected chi connectivity index (χ4v) is 5.85. The highest BCUT2D eigenvalue weighted by Crippen LogP contribution is 2.38. The lowest BCUT2D eigenvalue weighted by Crippen LogP contribution is -2.56. The second kappa shape index (κ2) is 8.10. The number of rotatable bonds is 4. The van der Waals surface area contributed by atoms with E-state index in [0.29, 0.717) is 25.2 Å². The van der Waals surface area contributed by atoms with Crippen LogP contribution in [-0.4, -0.2) is 59.0 Å². The zero-order chi connectivity index (χ0) is 21.5. The van der Waals surface area contributed by atoms with E-state index in [-0.39, 0.29) is 11.9 Å². The molecule has 2 saturated heterocycles. The van der Waals surface area contributed by atoms with Crippen molar-refractivity contribution in [1.29, 1.82) is 0 Å². The number of pyridine rings is 1. The summed E-state index contributed by atoms with van der Waals surface area (Å²) in [6.07, 6.45) is 13.0. The Morgan fingerprint density at radius 2 is 1.94 bits per heavy atom. The standard InChI is InChI=1S/C26H28N4O2/c31-25(18-28-16-21-9-10-22(17-28)30(21)20-6-3-12-27-15-20)29-13-2-1-7-24(29)23-11-8-19-5-4-14-32-26(19)23/h1-6,8,11-12,14-15,21-22,24H,7,9-10,13,16-18H2. The summed E-state index contributed by atoms with van der Waals surface area (Å²) in [6, 6.07) is 13.3. The molecule has 0 aromatic carbocycles. The lowest BCUT2D eigenvalue weighted by molar-refractivity contribution is -0.134. The molecule has 5 heterocycles. The molecular weight excluding hydrogens is 400 g/mol. The van der Waals surface area contributed by atoms with Gasteiger partial charge in [0.1, 0.15) is 5.76 Å². The van der Waals surface area contributed by atoms with E-state index in [9.17, 15) is 4.79 Å². The third-order valence-corrected chi connectivity index (χ3v) is 7.25. The van der Waals surface area contributed by atoms with Gasteiger partial charge in [-0.25, -0.2) is 0 Å². The van der Waals surface area contributed by atoms with Crippen molar-refractivity contribution in [1.82, 2.24) is 14.8 Å². The smallest absolute Gasteiger partial charge is 0.237 e. The van der Waals surface area contributed by atoms with Gasteiger partial charge in [0.15, 0.2) is 0 Å². The van der Waals surface area contributed by atoms with Crippen LogP contribution in [0.4, 0.5) is 5.69 Å². The number of nitrogens with zero attached hydrogens (tertiary/aromatic N) is 4. The fraction of sp³-hybridized carbons (Fsp3) is 0.385. The maximum absolute atomic E-state index is 13.5. The molecule has 0 N–H and O–H groups in total. The Morgan fingerprint density at radius 1 is 1.06 bits per heavy atom. The molecule has 6 rings (SSSR count). The molecule has 1 aromatic heterocycles. The molecule has 164 valence electrons. The third kappa shape index (κ3) is 3.39. The lowest BCUT2D eigenvalue weighted by Gasteiger charge is -2.43. The second-order valence-corrected chi connectivity index (χ2v) is 9.15. The molecule has 1 amide bonds. The minimum atomic E-state index is 0.0320. The quantitative estimate of drug-likeness (QED) is 0.589. The monoisotopic (exact) mass is 428 g/mol. The van der Waals surface area contributed by atoms with Gasteiger partial charge in [-0.1, -0.05) is 24.3 Å². The van der Waals surface area contributed by atoms with Crippen molar-refractivity contribution >= 4 is 11.6 Å². The Morgan fingerprint density at radius 3 is 2.75 bits per heavy atom. The minimum Gasteiger partial charge on any atom is -0.464 e. The maximum Gasteiger partial charge on any atom is 0.237 e. The molecule has 2 bridgehead atoms. The van der Waals surface area contributed by atoms with Crippen LogP contribution in [-0.2, 0) is 4.79 Å². The van der Waals surface area contributed by atoms with Crippen LogP contribution in [0.15, 0.2) is 71.6 Å². The highest BCUT2D eigenvalue weighted by atomic mass is 16.3. The van der Waals surface area contributed by atoms with E-state index < -0.39 is 0 Å². The van der Waals surface area contributed by atoms with Crippen LogP contribution in [0.3, 0.4) is 0 Å². The number of amides is 1. The Labute approximate surface area is 188 Å². The highest BCUT2D eigenvalue weighted by Gasteiger charge is 2.41. The third-order valence-electron chi connectivity index (χ3n) is 7.25. The van der Waals surface area contributed by atoms with Gasteiger partial charge in [0, 0.05) is 49.0 Å². The number of carbonyl (C=O) groups is 1. The molecule has 0 saturated carbocycles. The summed E-state index contributed by atoms with van der Waals surface area (Å²) in [6.45, 7) is 3.00. The Kier molecular flexibility index (Phi) is 4.95. The first-order valence-corrected chi connectivity index (χ1v) is 11.6. The molecule has 4 aliphatic heterocycles. The van der Waals surface area contributed by atoms with E-state index in [1.54, 1.807) is 6.26 Å². The molecule has 3 unspecified atom stereocenters. The average Bonchev–Trinajstić information content (AvgIpc) is 3.38. The molecule has 6 heteroatoms. The first-order chi connectivity index (χ1) is 15.8. The highest BCUT2D eigenvalue weighted by molar-refractivity contribution is 5.80. The molecule has 5 aliphatic rings. The predicted octanol–water partition coefficient (Wildman–Crippen LogP) is 3.96. The zero-order valence-electron chi connectivity index (χ0n) is 18.1. The maximum atomic E-state index is 13.5. The van der Waals surface area contributed by atoms with Gasteiger partial charge in [-0.2, -0.15) is 0 Å². The van der Waals surface area contributed by atoms with Gasteiger partial charge >= 0.3 is 0 Å². The van der Waals surface area contributed by atoms with Crippen LogP contribution in [0.2, 0.25) is 0 Å². The van der Waals surface area contributed by atoms with Crippen molar-refractivity contribution < 1.29 is 9.21 Å². The van der Waals surface area contributed by atoms with E-state index in [1.807, 2.05) is 29.4 Å². The number of carbonyl (C=O) groups excluding carboxylic acids is 1. The molecule has 0 spiro atoms. The van der Waals surface area contributed by atoms with Gasteiger partial charge in [-0.3, -0.25) is 14.7 Å². The number of hydrogen-bond donors (Lipinski definition) is 0. The van der Waals surface area contributed by atoms with Gasteiger partial charge in [0.25, 0.3) is 0 Å². The van der Waals surface area contributed by atoms with Gasteiger partial charge in [-0.15, -0.1) is 0 Å². The molecule has 6 nitrogen and oxygen atoms in total. The van der Waals surface area contributed by atoms with Crippen LogP contribution >= 0.6 is 0 Å². The Hall–Kier alpha value is -3.12. The largest absolute Gasteiger partial charge is 0.464 e. The van der Waals surface area contributed by atoms with Crippen molar-refractivity contribution in [3.63, 3.8) is 0 Å². The number of fused-ring (bicyclic) bond motifs is 3. The van der Waals surface area contributed by atoms with Crippen molar-refractivity contribution in [2.45, 2.75) is 37.4 Å². The molecule has 1 aromatic rings. The van der Waals surface area contributed by atoms with Crippen molar-refractivity contribution in [2.24, 2.45) is 0 Å². The number of piperazine rings is 1. The van der Waals surface area contributed by atoms with Crippen LogP contribution in [0.5, 0.6) is 0 Å². The van der Waals surface area contributed by atoms with Gasteiger partial charge < -0.3 is 14.2 Å². The van der Waals surface area contributed by atoms with Crippen LogP contribution in [0.25, 0.3) is 11.3 Å². The summed E-state index contributed by atoms with van der Waals surface area (Å²) in [5.74, 6) is 1.10. The van der Waals surface area contributed by atoms with E-state index >= 15 is 0 Å². The second-order valence-electron chi connectivity index (χ2n) is 9.15. The van der Waals surface area contributed by atoms with Crippen LogP contribution in [0.1, 0.15) is 30.9 Å². The first kappa shape index (κ1) is 19.6. The predicted molar refractivity (Wildman–Crippen MR) is 124 cm³/mol. The number of aromatic nitrogens is 1. The summed E-state index contributed by atoms with van der Waals surface area (Å²) in [7, 11) is 0. The summed E-state index contributed by atoms with van der Waals surface area (Å²) in [4.78, 5) is 24.7. The number of hydrogen-bond acceptors (Lipinski definition) is 5. The van der Waals surface area contributed by atoms with Crippen molar-refractivity contribution in [3.8, 4) is 11.3 Å². The summed E-state index contributed by atoms with van der Waals surface area (Å²) in [5, 5.41) is 0. The van der Waals surface area contributed by atoms with E-state index in [1.165, 1.54) is 18.5 Å². The lowest BCUT2D eigenvalue weighted by atomic mass is 9.99. The molecular formula is C26H28N4O2. The average molecular weight is 429 g/mol. The van der Waals surface area contributed by atoms with Crippen LogP contribution < -0.4 is 4.90 Å². The van der Waals surface area contributed by atoms with E-state index in [2.05, 4.69) is 51.2 Å². The number of likely N-dealkylation sites (tertiary alicyclic amines) is 1. The SMILES string of the molecule is O=C(CN1CC2CCC(C1)N2c1cccnc1)N1CC=CCC1c1ccc2cccoc1-2. The van der Waals surface area contributed by atoms with Crippen molar-refractivity contribution in [3.05, 3.63) is 72.8 Å². The van der Waals surface area contributed by atoms with E-state index in [4.69, 9.17) is 4.42 Å². The molecule has 1 aliphatic carbocycles. The van der Waals surface area contributed by atoms with Crippen molar-refractivity contribution in [2.75, 3.05) is 31.1 Å². The van der Waals surface area contributed by atoms with Gasteiger partial charge in [0.2, 0.25) is 5.91 Å². The topological polar surface area (TPSA) is 52.8 Å². The first-order valence-electron chi connectivity index (χ1n) is 11.6. The summed E-state index contributed by atoms with van der Waals surface area (Å²) in [5.41, 5.74) is 3.41. The fourth-order valence-electron chi connectivity index (χ4n) is 5.85. The molecule has 2 fully saturated rings. The summed E-state index contributed by atoms with van der Waals surface area (Å²) >= 11 is 0. The molecule has 0 radical (unpaired) electrons. The van der Waals surface area contributed by atoms with Crippen LogP contribution in [0, 0.1) is 0 Å². The van der Waals surface area contributed by atoms with E-state index in [0.717, 1.165) is 36.4 Å². The summed E-state index contributed by atoms with van der Waals surface area (Å²) < 4.78 is 5.82. The molecule has 3 atom stereocenters. The Balaban J connectivity index is 1.17. The minimum absolute atomic E-state index is 0.0320. The van der Waals surface area contributed by atoms with Gasteiger partial charge in [0.05, 0.1) is 30.7 Å². The Bertz CT molecular complexity index is 1080. The zero-order valence-corrected chi connectivity index (χ0v) is 18.1. The molecule has 32 heavy (non-hydrogen) atoms. The van der Waals surface area contributed by atoms with Gasteiger partial charge in [-0.05, 0) is 43.5 Å². The normalized spacial score (nSPS) is 25.6. The number of anilines is 1.